The number of hydrogen-bond acceptors (Lipinski definition) is 3. The SMILES string of the molecule is CCCNCc1cnc(C)cc1N(C)c1ccc(C)cc1. The lowest BCUT2D eigenvalue weighted by Crippen LogP contribution is -2.18. The summed E-state index contributed by atoms with van der Waals surface area (Å²) >= 11 is 0. The van der Waals surface area contributed by atoms with E-state index < -0.39 is 0 Å². The highest BCUT2D eigenvalue weighted by molar-refractivity contribution is 5.66. The van der Waals surface area contributed by atoms with Gasteiger partial charge in [0, 0.05) is 42.4 Å². The van der Waals surface area contributed by atoms with Crippen LogP contribution in [0, 0.1) is 13.8 Å². The number of rotatable bonds is 6. The highest BCUT2D eigenvalue weighted by atomic mass is 15.1. The minimum absolute atomic E-state index is 0.854. The Kier molecular flexibility index (Phi) is 5.34. The van der Waals surface area contributed by atoms with Gasteiger partial charge in [0.1, 0.15) is 0 Å². The van der Waals surface area contributed by atoms with Gasteiger partial charge in [-0.15, -0.1) is 0 Å². The van der Waals surface area contributed by atoms with Gasteiger partial charge in [-0.3, -0.25) is 4.98 Å². The van der Waals surface area contributed by atoms with E-state index in [0.29, 0.717) is 0 Å². The highest BCUT2D eigenvalue weighted by Crippen LogP contribution is 2.27. The second-order valence-corrected chi connectivity index (χ2v) is 5.53. The molecule has 0 unspecified atom stereocenters. The summed E-state index contributed by atoms with van der Waals surface area (Å²) in [6.07, 6.45) is 3.13. The first kappa shape index (κ1) is 15.5. The van der Waals surface area contributed by atoms with E-state index in [2.05, 4.69) is 66.4 Å². The van der Waals surface area contributed by atoms with E-state index in [-0.39, 0.29) is 0 Å². The zero-order valence-corrected chi connectivity index (χ0v) is 13.5. The molecule has 2 rings (SSSR count). The van der Waals surface area contributed by atoms with Crippen LogP contribution in [0.15, 0.2) is 36.5 Å². The van der Waals surface area contributed by atoms with E-state index in [9.17, 15) is 0 Å². The lowest BCUT2D eigenvalue weighted by atomic mass is 10.1. The van der Waals surface area contributed by atoms with E-state index in [0.717, 1.165) is 25.2 Å². The van der Waals surface area contributed by atoms with Gasteiger partial charge < -0.3 is 10.2 Å². The molecule has 3 nitrogen and oxygen atoms in total. The van der Waals surface area contributed by atoms with Crippen molar-refractivity contribution in [2.45, 2.75) is 33.7 Å². The van der Waals surface area contributed by atoms with Crippen LogP contribution in [0.2, 0.25) is 0 Å². The maximum absolute atomic E-state index is 4.44. The third kappa shape index (κ3) is 4.05. The van der Waals surface area contributed by atoms with Crippen molar-refractivity contribution in [3.8, 4) is 0 Å². The van der Waals surface area contributed by atoms with E-state index in [4.69, 9.17) is 0 Å². The third-order valence-electron chi connectivity index (χ3n) is 3.62. The van der Waals surface area contributed by atoms with Crippen LogP contribution < -0.4 is 10.2 Å². The summed E-state index contributed by atoms with van der Waals surface area (Å²) in [5.74, 6) is 0. The fourth-order valence-electron chi connectivity index (χ4n) is 2.33. The Morgan fingerprint density at radius 2 is 1.86 bits per heavy atom. The molecule has 0 aliphatic rings. The summed E-state index contributed by atoms with van der Waals surface area (Å²) in [4.78, 5) is 6.68. The first-order chi connectivity index (χ1) is 10.1. The van der Waals surface area contributed by atoms with Crippen molar-refractivity contribution in [1.82, 2.24) is 10.3 Å². The first-order valence-corrected chi connectivity index (χ1v) is 7.58. The van der Waals surface area contributed by atoms with Gasteiger partial charge in [-0.05, 0) is 45.0 Å². The quantitative estimate of drug-likeness (QED) is 0.813. The number of nitrogens with one attached hydrogen (secondary N) is 1. The largest absolute Gasteiger partial charge is 0.344 e. The molecule has 0 aliphatic heterocycles. The first-order valence-electron chi connectivity index (χ1n) is 7.58. The predicted molar refractivity (Wildman–Crippen MR) is 90.2 cm³/mol. The van der Waals surface area contributed by atoms with Crippen molar-refractivity contribution in [1.29, 1.82) is 0 Å². The van der Waals surface area contributed by atoms with Gasteiger partial charge in [0.2, 0.25) is 0 Å². The molecular formula is C18H25N3. The second-order valence-electron chi connectivity index (χ2n) is 5.53. The normalized spacial score (nSPS) is 10.7. The van der Waals surface area contributed by atoms with Crippen LogP contribution in [0.1, 0.15) is 30.2 Å². The summed E-state index contributed by atoms with van der Waals surface area (Å²) in [5, 5.41) is 3.46. The standard InChI is InChI=1S/C18H25N3/c1-5-10-19-12-16-13-20-15(3)11-18(16)21(4)17-8-6-14(2)7-9-17/h6-9,11,13,19H,5,10,12H2,1-4H3. The molecule has 0 spiro atoms. The lowest BCUT2D eigenvalue weighted by molar-refractivity contribution is 0.673. The molecule has 1 aromatic carbocycles. The fourth-order valence-corrected chi connectivity index (χ4v) is 2.33. The zero-order valence-electron chi connectivity index (χ0n) is 13.5. The predicted octanol–water partition coefficient (Wildman–Crippen LogP) is 3.97. The molecule has 0 amide bonds. The highest BCUT2D eigenvalue weighted by Gasteiger charge is 2.10. The van der Waals surface area contributed by atoms with Crippen LogP contribution in [-0.4, -0.2) is 18.6 Å². The van der Waals surface area contributed by atoms with Gasteiger partial charge in [-0.25, -0.2) is 0 Å². The molecule has 0 atom stereocenters. The van der Waals surface area contributed by atoms with Crippen molar-refractivity contribution in [2.24, 2.45) is 0 Å². The van der Waals surface area contributed by atoms with E-state index in [1.165, 1.54) is 22.5 Å². The molecule has 0 saturated carbocycles. The average molecular weight is 283 g/mol. The minimum Gasteiger partial charge on any atom is -0.344 e. The molecule has 21 heavy (non-hydrogen) atoms. The molecule has 1 aromatic heterocycles. The smallest absolute Gasteiger partial charge is 0.0487 e. The summed E-state index contributed by atoms with van der Waals surface area (Å²) in [7, 11) is 2.11. The van der Waals surface area contributed by atoms with Crippen molar-refractivity contribution in [2.75, 3.05) is 18.5 Å². The van der Waals surface area contributed by atoms with Gasteiger partial charge in [-0.1, -0.05) is 24.6 Å². The van der Waals surface area contributed by atoms with Crippen LogP contribution >= 0.6 is 0 Å². The Hall–Kier alpha value is -1.87. The van der Waals surface area contributed by atoms with Crippen molar-refractivity contribution in [3.05, 3.63) is 53.3 Å². The van der Waals surface area contributed by atoms with Crippen molar-refractivity contribution >= 4 is 11.4 Å². The number of pyridine rings is 1. The number of anilines is 2. The topological polar surface area (TPSA) is 28.2 Å². The molecular weight excluding hydrogens is 258 g/mol. The maximum atomic E-state index is 4.44. The van der Waals surface area contributed by atoms with E-state index >= 15 is 0 Å². The molecule has 0 aliphatic carbocycles. The molecule has 2 aromatic rings. The summed E-state index contributed by atoms with van der Waals surface area (Å²) in [5.41, 5.74) is 5.97. The molecule has 1 N–H and O–H groups in total. The molecule has 1 heterocycles. The van der Waals surface area contributed by atoms with Crippen LogP contribution in [0.25, 0.3) is 0 Å². The number of hydrogen-bond donors (Lipinski definition) is 1. The lowest BCUT2D eigenvalue weighted by Gasteiger charge is -2.23. The fraction of sp³-hybridized carbons (Fsp3) is 0.389. The summed E-state index contributed by atoms with van der Waals surface area (Å²) in [6, 6.07) is 10.8. The van der Waals surface area contributed by atoms with Crippen LogP contribution in [0.4, 0.5) is 11.4 Å². The number of aromatic nitrogens is 1. The Morgan fingerprint density at radius 3 is 2.52 bits per heavy atom. The Labute approximate surface area is 128 Å². The van der Waals surface area contributed by atoms with Crippen molar-refractivity contribution < 1.29 is 0 Å². The van der Waals surface area contributed by atoms with Crippen molar-refractivity contribution in [3.63, 3.8) is 0 Å². The summed E-state index contributed by atoms with van der Waals surface area (Å²) in [6.45, 7) is 8.21. The Balaban J connectivity index is 2.27. The summed E-state index contributed by atoms with van der Waals surface area (Å²) < 4.78 is 0. The van der Waals surface area contributed by atoms with Gasteiger partial charge in [0.05, 0.1) is 0 Å². The average Bonchev–Trinajstić information content (AvgIpc) is 2.49. The Bertz CT molecular complexity index is 576. The van der Waals surface area contributed by atoms with E-state index in [1.54, 1.807) is 0 Å². The molecule has 3 heteroatoms. The maximum Gasteiger partial charge on any atom is 0.0487 e. The van der Waals surface area contributed by atoms with E-state index in [1.807, 2.05) is 13.1 Å². The van der Waals surface area contributed by atoms with Gasteiger partial charge >= 0.3 is 0 Å². The molecule has 0 bridgehead atoms. The molecule has 0 fully saturated rings. The van der Waals surface area contributed by atoms with Gasteiger partial charge in [0.25, 0.3) is 0 Å². The van der Waals surface area contributed by atoms with Gasteiger partial charge in [-0.2, -0.15) is 0 Å². The monoisotopic (exact) mass is 283 g/mol. The molecule has 112 valence electrons. The van der Waals surface area contributed by atoms with Crippen LogP contribution in [0.5, 0.6) is 0 Å². The van der Waals surface area contributed by atoms with Gasteiger partial charge in [0.15, 0.2) is 0 Å². The minimum atomic E-state index is 0.854. The number of aryl methyl sites for hydroxylation is 2. The molecule has 0 saturated heterocycles. The van der Waals surface area contributed by atoms with Crippen LogP contribution in [0.3, 0.4) is 0 Å². The molecule has 0 radical (unpaired) electrons. The Morgan fingerprint density at radius 1 is 1.14 bits per heavy atom. The van der Waals surface area contributed by atoms with Crippen LogP contribution in [-0.2, 0) is 6.54 Å². The second kappa shape index (κ2) is 7.23. The zero-order chi connectivity index (χ0) is 15.2. The number of nitrogens with zero attached hydrogens (tertiary/aromatic N) is 2. The third-order valence-corrected chi connectivity index (χ3v) is 3.62. The number of benzene rings is 1.